The Morgan fingerprint density at radius 1 is 0.816 bits per heavy atom. The SMILES string of the molecule is O=C(CSC(F)(F)F)Cc1c(F)ccc(CC(=O)c2cc(NC(=O)C3C(c4cc(C(F)(F)F)cc(C(F)(F)F)c4)C3(Cl)Cl)ccc2Cl)c1F. The number of halogens is 14. The summed E-state index contributed by atoms with van der Waals surface area (Å²) in [6.45, 7) is 0. The first-order valence-corrected chi connectivity index (χ1v) is 15.5. The highest BCUT2D eigenvalue weighted by Crippen LogP contribution is 2.65. The minimum absolute atomic E-state index is 0.104. The third kappa shape index (κ3) is 9.18. The summed E-state index contributed by atoms with van der Waals surface area (Å²) >= 11 is 17.7. The second kappa shape index (κ2) is 13.9. The molecular formula is C30H17Cl3F11NO3S. The molecule has 0 aliphatic heterocycles. The highest BCUT2D eigenvalue weighted by molar-refractivity contribution is 8.00. The molecule has 0 radical (unpaired) electrons. The number of carbonyl (C=O) groups excluding carboxylic acids is 3. The van der Waals surface area contributed by atoms with Gasteiger partial charge in [-0.05, 0) is 65.4 Å². The maximum Gasteiger partial charge on any atom is 0.442 e. The number of amides is 1. The van der Waals surface area contributed by atoms with Crippen molar-refractivity contribution in [3.63, 3.8) is 0 Å². The Kier molecular flexibility index (Phi) is 11.0. The number of benzene rings is 3. The zero-order valence-corrected chi connectivity index (χ0v) is 26.9. The van der Waals surface area contributed by atoms with Crippen LogP contribution in [-0.4, -0.2) is 33.1 Å². The standard InChI is InChI=1S/C30H17Cl3F11NO3S/c31-20-3-2-16(9-18(20)22(47)7-12-1-4-21(34)19(25(12)35)10-17(46)11-49-30(42,43)44)45-26(48)24-23(27(24,32)33)13-5-14(28(36,37)38)8-15(6-13)29(39,40)41/h1-6,8-9,23-24H,7,10-11H2,(H,45,48). The van der Waals surface area contributed by atoms with E-state index in [1.165, 1.54) is 6.07 Å². The lowest BCUT2D eigenvalue weighted by Crippen LogP contribution is -2.18. The van der Waals surface area contributed by atoms with E-state index in [1.807, 2.05) is 0 Å². The number of carbonyl (C=O) groups is 3. The van der Waals surface area contributed by atoms with Crippen molar-refractivity contribution in [3.8, 4) is 0 Å². The topological polar surface area (TPSA) is 63.2 Å². The zero-order valence-electron chi connectivity index (χ0n) is 23.8. The van der Waals surface area contributed by atoms with Gasteiger partial charge in [-0.15, -0.1) is 23.2 Å². The van der Waals surface area contributed by atoms with Gasteiger partial charge in [-0.25, -0.2) is 8.78 Å². The van der Waals surface area contributed by atoms with Gasteiger partial charge in [0.25, 0.3) is 0 Å². The van der Waals surface area contributed by atoms with E-state index < -0.39 is 121 Å². The summed E-state index contributed by atoms with van der Waals surface area (Å²) in [5.41, 5.74) is -10.5. The van der Waals surface area contributed by atoms with Crippen LogP contribution in [0.25, 0.3) is 0 Å². The van der Waals surface area contributed by atoms with Crippen molar-refractivity contribution < 1.29 is 62.7 Å². The lowest BCUT2D eigenvalue weighted by molar-refractivity contribution is -0.143. The fourth-order valence-corrected chi connectivity index (χ4v) is 6.36. The maximum atomic E-state index is 15.1. The van der Waals surface area contributed by atoms with Gasteiger partial charge in [0.15, 0.2) is 5.78 Å². The number of Topliss-reactive ketones (excluding diaryl/α,β-unsaturated/α-hetero) is 2. The molecule has 3 aromatic carbocycles. The Morgan fingerprint density at radius 2 is 1.41 bits per heavy atom. The summed E-state index contributed by atoms with van der Waals surface area (Å²) in [6, 6.07) is 5.56. The van der Waals surface area contributed by atoms with Crippen LogP contribution in [0.3, 0.4) is 0 Å². The number of rotatable bonds is 10. The van der Waals surface area contributed by atoms with Gasteiger partial charge in [0.05, 0.1) is 27.8 Å². The molecule has 4 nitrogen and oxygen atoms in total. The molecule has 49 heavy (non-hydrogen) atoms. The van der Waals surface area contributed by atoms with Gasteiger partial charge >= 0.3 is 17.9 Å². The van der Waals surface area contributed by atoms with Gasteiger partial charge < -0.3 is 5.32 Å². The van der Waals surface area contributed by atoms with Gasteiger partial charge in [0.2, 0.25) is 5.91 Å². The highest BCUT2D eigenvalue weighted by atomic mass is 35.5. The van der Waals surface area contributed by atoms with Crippen molar-refractivity contribution in [2.75, 3.05) is 11.1 Å². The molecule has 1 amide bonds. The summed E-state index contributed by atoms with van der Waals surface area (Å²) < 4.78 is 145. The lowest BCUT2D eigenvalue weighted by Gasteiger charge is -2.14. The molecular weight excluding hydrogens is 770 g/mol. The molecule has 0 aromatic heterocycles. The third-order valence-corrected chi connectivity index (χ3v) is 9.29. The summed E-state index contributed by atoms with van der Waals surface area (Å²) in [5.74, 6) is -9.87. The predicted molar refractivity (Wildman–Crippen MR) is 159 cm³/mol. The molecule has 2 atom stereocenters. The molecule has 1 fully saturated rings. The van der Waals surface area contributed by atoms with E-state index in [4.69, 9.17) is 34.8 Å². The summed E-state index contributed by atoms with van der Waals surface area (Å²) in [7, 11) is 0. The van der Waals surface area contributed by atoms with Crippen LogP contribution in [0, 0.1) is 17.6 Å². The van der Waals surface area contributed by atoms with Crippen molar-refractivity contribution in [2.45, 2.75) is 41.0 Å². The first-order chi connectivity index (χ1) is 22.4. The van der Waals surface area contributed by atoms with E-state index in [0.29, 0.717) is 18.2 Å². The van der Waals surface area contributed by atoms with Crippen LogP contribution in [0.5, 0.6) is 0 Å². The zero-order chi connectivity index (χ0) is 36.9. The number of hydrogen-bond acceptors (Lipinski definition) is 4. The van der Waals surface area contributed by atoms with Crippen LogP contribution in [0.1, 0.15) is 44.1 Å². The summed E-state index contributed by atoms with van der Waals surface area (Å²) in [4.78, 5) is 38.1. The van der Waals surface area contributed by atoms with Gasteiger partial charge in [-0.2, -0.15) is 39.5 Å². The average Bonchev–Trinajstić information content (AvgIpc) is 3.56. The van der Waals surface area contributed by atoms with Gasteiger partial charge in [-0.1, -0.05) is 17.7 Å². The molecule has 3 aromatic rings. The Hall–Kier alpha value is -3.08. The molecule has 1 N–H and O–H groups in total. The van der Waals surface area contributed by atoms with E-state index in [9.17, 15) is 58.3 Å². The van der Waals surface area contributed by atoms with Crippen LogP contribution in [0.15, 0.2) is 48.5 Å². The molecule has 19 heteroatoms. The number of ketones is 2. The van der Waals surface area contributed by atoms with Gasteiger partial charge in [0, 0.05) is 35.6 Å². The summed E-state index contributed by atoms with van der Waals surface area (Å²) in [5, 5.41) is 2.08. The van der Waals surface area contributed by atoms with Crippen molar-refractivity contribution in [3.05, 3.63) is 98.6 Å². The fraction of sp³-hybridized carbons (Fsp3) is 0.300. The molecule has 1 aliphatic rings. The lowest BCUT2D eigenvalue weighted by atomic mass is 9.98. The van der Waals surface area contributed by atoms with E-state index in [1.54, 1.807) is 0 Å². The summed E-state index contributed by atoms with van der Waals surface area (Å²) in [6.07, 6.45) is -12.2. The molecule has 4 rings (SSSR count). The first kappa shape index (κ1) is 38.7. The minimum Gasteiger partial charge on any atom is -0.326 e. The predicted octanol–water partition coefficient (Wildman–Crippen LogP) is 9.97. The number of alkyl halides is 11. The number of hydrogen-bond donors (Lipinski definition) is 1. The van der Waals surface area contributed by atoms with E-state index in [0.717, 1.165) is 18.2 Å². The Labute approximate surface area is 288 Å². The van der Waals surface area contributed by atoms with E-state index in [-0.39, 0.29) is 22.3 Å². The quantitative estimate of drug-likeness (QED) is 0.126. The van der Waals surface area contributed by atoms with Crippen molar-refractivity contribution in [2.24, 2.45) is 5.92 Å². The second-order valence-electron chi connectivity index (χ2n) is 10.7. The molecule has 1 saturated carbocycles. The number of thioether (sulfide) groups is 1. The molecule has 1 aliphatic carbocycles. The van der Waals surface area contributed by atoms with Crippen molar-refractivity contribution in [1.82, 2.24) is 0 Å². The molecule has 0 bridgehead atoms. The minimum atomic E-state index is -5.18. The largest absolute Gasteiger partial charge is 0.442 e. The van der Waals surface area contributed by atoms with Gasteiger partial charge in [0.1, 0.15) is 21.8 Å². The normalized spacial score (nSPS) is 17.5. The van der Waals surface area contributed by atoms with Crippen molar-refractivity contribution >= 4 is 69.7 Å². The Bertz CT molecular complexity index is 1780. The van der Waals surface area contributed by atoms with E-state index >= 15 is 4.39 Å². The molecule has 0 heterocycles. The maximum absolute atomic E-state index is 15.1. The molecule has 0 saturated heterocycles. The van der Waals surface area contributed by atoms with Crippen LogP contribution in [0.2, 0.25) is 5.02 Å². The number of anilines is 1. The van der Waals surface area contributed by atoms with E-state index in [2.05, 4.69) is 5.32 Å². The Morgan fingerprint density at radius 3 is 1.96 bits per heavy atom. The molecule has 0 spiro atoms. The third-order valence-electron chi connectivity index (χ3n) is 7.23. The smallest absolute Gasteiger partial charge is 0.326 e. The average molecular weight is 787 g/mol. The van der Waals surface area contributed by atoms with Crippen LogP contribution < -0.4 is 5.32 Å². The molecule has 2 unspecified atom stereocenters. The first-order valence-electron chi connectivity index (χ1n) is 13.4. The fourth-order valence-electron chi connectivity index (χ4n) is 4.89. The van der Waals surface area contributed by atoms with Crippen LogP contribution in [-0.2, 0) is 34.8 Å². The number of nitrogens with one attached hydrogen (secondary N) is 1. The highest BCUT2D eigenvalue weighted by Gasteiger charge is 2.68. The monoisotopic (exact) mass is 785 g/mol. The Balaban J connectivity index is 1.53. The van der Waals surface area contributed by atoms with Crippen LogP contribution >= 0.6 is 46.6 Å². The van der Waals surface area contributed by atoms with Crippen molar-refractivity contribution in [1.29, 1.82) is 0 Å². The molecule has 264 valence electrons. The second-order valence-corrected chi connectivity index (χ2v) is 13.6. The van der Waals surface area contributed by atoms with Crippen LogP contribution in [0.4, 0.5) is 54.0 Å². The van der Waals surface area contributed by atoms with Gasteiger partial charge in [-0.3, -0.25) is 14.4 Å².